The highest BCUT2D eigenvalue weighted by Crippen LogP contribution is 2.47. The number of rotatable bonds is 31. The molecule has 0 saturated carbocycles. The van der Waals surface area contributed by atoms with Crippen molar-refractivity contribution in [1.29, 1.82) is 0 Å². The van der Waals surface area contributed by atoms with Gasteiger partial charge < -0.3 is 69.6 Å². The van der Waals surface area contributed by atoms with Gasteiger partial charge in [0.2, 0.25) is 0 Å². The number of hydrogen-bond acceptors (Lipinski definition) is 8. The Morgan fingerprint density at radius 3 is 1.12 bits per heavy atom. The van der Waals surface area contributed by atoms with Gasteiger partial charge in [-0.1, -0.05) is 113 Å². The van der Waals surface area contributed by atoms with Gasteiger partial charge in [-0.3, -0.25) is 0 Å². The van der Waals surface area contributed by atoms with Gasteiger partial charge in [0.25, 0.3) is 0 Å². The molecule has 14 heteroatoms. The molecule has 0 fully saturated rings. The predicted octanol–water partition coefficient (Wildman–Crippen LogP) is 6.43. The highest BCUT2D eigenvalue weighted by molar-refractivity contribution is 6.50. The van der Waals surface area contributed by atoms with Crippen LogP contribution in [-0.4, -0.2) is 146 Å². The van der Waals surface area contributed by atoms with E-state index >= 15 is 0 Å². The maximum Gasteiger partial charge on any atom is 0.119 e. The largest absolute Gasteiger partial charge is 1.00 e. The normalized spacial score (nSPS) is 15.2. The van der Waals surface area contributed by atoms with Crippen LogP contribution in [-0.2, 0) is 0 Å². The van der Waals surface area contributed by atoms with Crippen LogP contribution >= 0.6 is 0 Å². The van der Waals surface area contributed by atoms with Crippen molar-refractivity contribution >= 4 is 45.1 Å². The molecule has 0 radical (unpaired) electrons. The molecule has 0 amide bonds. The van der Waals surface area contributed by atoms with E-state index in [0.29, 0.717) is 26.4 Å². The number of aliphatic imine (C=N–C) groups is 4. The van der Waals surface area contributed by atoms with E-state index in [1.165, 1.54) is 57.8 Å². The van der Waals surface area contributed by atoms with Crippen LogP contribution in [0.25, 0.3) is 22.3 Å². The van der Waals surface area contributed by atoms with Crippen molar-refractivity contribution in [2.45, 2.75) is 90.4 Å². The summed E-state index contributed by atoms with van der Waals surface area (Å²) in [4.78, 5) is 21.7. The van der Waals surface area contributed by atoms with E-state index in [-0.39, 0.29) is 37.2 Å². The molecule has 0 N–H and O–H groups in total. The summed E-state index contributed by atoms with van der Waals surface area (Å²) in [5.41, 5.74) is 14.2. The summed E-state index contributed by atoms with van der Waals surface area (Å²) >= 11 is 0. The molecule has 0 spiro atoms. The molecule has 0 atom stereocenters. The Morgan fingerprint density at radius 1 is 0.330 bits per heavy atom. The van der Waals surface area contributed by atoms with E-state index in [1.54, 1.807) is 0 Å². The Bertz CT molecular complexity index is 3360. The molecular formula is C74H94Cl3N7O4. The van der Waals surface area contributed by atoms with Crippen molar-refractivity contribution in [1.82, 2.24) is 0 Å². The maximum atomic E-state index is 6.50. The zero-order valence-electron chi connectivity index (χ0n) is 53.9. The molecule has 88 heavy (non-hydrogen) atoms. The molecule has 0 unspecified atom stereocenters. The molecule has 4 aromatic carbocycles. The van der Waals surface area contributed by atoms with Crippen LogP contribution in [0.4, 0.5) is 0 Å². The van der Waals surface area contributed by atoms with Crippen molar-refractivity contribution in [3.63, 3.8) is 0 Å². The van der Waals surface area contributed by atoms with Crippen LogP contribution in [0.2, 0.25) is 0 Å². The van der Waals surface area contributed by atoms with Crippen LogP contribution in [0.15, 0.2) is 188 Å². The first-order chi connectivity index (χ1) is 40.9. The molecule has 9 rings (SSSR count). The van der Waals surface area contributed by atoms with Crippen LogP contribution < -0.4 is 56.2 Å². The van der Waals surface area contributed by atoms with E-state index in [1.807, 2.05) is 24.3 Å². The van der Waals surface area contributed by atoms with Gasteiger partial charge in [-0.2, -0.15) is 0 Å². The minimum absolute atomic E-state index is 0. The third kappa shape index (κ3) is 21.0. The van der Waals surface area contributed by atoms with Gasteiger partial charge in [-0.25, -0.2) is 20.0 Å². The van der Waals surface area contributed by atoms with Crippen molar-refractivity contribution in [3.05, 3.63) is 191 Å². The standard InChI is InChI=1S/C74H94N7O4.3ClH/c1-11-12-13-14-15-16-17-18-19-20-47-82-65-42-30-58(31-43-65)72-73-68(55-24-36-64(37-25-55)83-48-21-44-79(2,3)4)53-63(77-73)52-61-33-32-59(75-61)51-60-34-35-62(76-60)54-69-70(56-26-38-66(39-27-56)84-49-22-45-80(5,6)7)71(74(72)78-69)57-28-40-67(41-29-57)85-50-23-46-81(8,9)10;;;/h24-43,51-54H,11-23,44-50H2,1-10H3;3*1H/q+3;;;/p-3. The smallest absolute Gasteiger partial charge is 0.119 e. The average molecular weight is 1250 g/mol. The Kier molecular flexibility index (Phi) is 26.7. The van der Waals surface area contributed by atoms with Crippen LogP contribution in [0, 0.1) is 0 Å². The number of benzene rings is 4. The molecule has 5 aliphatic rings. The third-order valence-electron chi connectivity index (χ3n) is 15.6. The van der Waals surface area contributed by atoms with Crippen molar-refractivity contribution in [3.8, 4) is 23.0 Å². The molecule has 0 saturated heterocycles. The first-order valence-electron chi connectivity index (χ1n) is 31.4. The molecular weight excluding hydrogens is 1160 g/mol. The first-order valence-corrected chi connectivity index (χ1v) is 31.4. The number of nitrogens with zero attached hydrogens (tertiary/aromatic N) is 7. The average Bonchev–Trinajstić information content (AvgIpc) is 1.62. The van der Waals surface area contributed by atoms with Crippen molar-refractivity contribution < 1.29 is 69.6 Å². The summed E-state index contributed by atoms with van der Waals surface area (Å²) in [7, 11) is 19.9. The van der Waals surface area contributed by atoms with Crippen LogP contribution in [0.1, 0.15) is 113 Å². The molecule has 5 heterocycles. The summed E-state index contributed by atoms with van der Waals surface area (Å²) in [6, 6.07) is 34.2. The van der Waals surface area contributed by atoms with Gasteiger partial charge in [0, 0.05) is 41.6 Å². The number of ether oxygens (including phenoxy) is 4. The molecule has 4 aromatic rings. The van der Waals surface area contributed by atoms with E-state index in [2.05, 4.69) is 192 Å². The summed E-state index contributed by atoms with van der Waals surface area (Å²) in [6.07, 6.45) is 32.3. The van der Waals surface area contributed by atoms with Gasteiger partial charge in [-0.05, 0) is 126 Å². The summed E-state index contributed by atoms with van der Waals surface area (Å²) in [6.45, 7) is 7.93. The Balaban J connectivity index is 0.00000412. The summed E-state index contributed by atoms with van der Waals surface area (Å²) in [5, 5.41) is 0. The molecule has 5 aliphatic heterocycles. The molecule has 0 aromatic heterocycles. The fourth-order valence-electron chi connectivity index (χ4n) is 11.0. The quantitative estimate of drug-likeness (QED) is 0.0430. The highest BCUT2D eigenvalue weighted by atomic mass is 35.5. The van der Waals surface area contributed by atoms with Crippen molar-refractivity contribution in [2.24, 2.45) is 20.0 Å². The lowest BCUT2D eigenvalue weighted by Crippen LogP contribution is -3.00. The minimum atomic E-state index is 0. The lowest BCUT2D eigenvalue weighted by Gasteiger charge is -2.23. The SMILES string of the molecule is CCCCCCCCCCCCOc1ccc(C2=C3N=C(C=C4C=CC(=N4)C=C4C=CC(=N4)C=C4C=C(c5ccc(OCCC[N+](C)(C)C)cc5)C2=N4)C(c2ccc(OCCC[N+](C)(C)C)cc2)=C3c2ccc(OCCC[N+](C)(C)C)cc2)cc1.[Cl-].[Cl-].[Cl-]. The topological polar surface area (TPSA) is 86.4 Å². The Morgan fingerprint density at radius 2 is 0.693 bits per heavy atom. The lowest BCUT2D eigenvalue weighted by atomic mass is 9.86. The first kappa shape index (κ1) is 70.5. The van der Waals surface area contributed by atoms with E-state index in [9.17, 15) is 0 Å². The number of hydrogen-bond donors (Lipinski definition) is 0. The van der Waals surface area contributed by atoms with Crippen LogP contribution in [0.3, 0.4) is 0 Å². The minimum Gasteiger partial charge on any atom is -1.00 e. The summed E-state index contributed by atoms with van der Waals surface area (Å²) < 4.78 is 28.3. The van der Waals surface area contributed by atoms with E-state index in [4.69, 9.17) is 38.9 Å². The van der Waals surface area contributed by atoms with Gasteiger partial charge in [0.05, 0.1) is 155 Å². The maximum absolute atomic E-state index is 6.50. The molecule has 8 bridgehead atoms. The number of allylic oxidation sites excluding steroid dienone is 12. The second kappa shape index (κ2) is 33.3. The Labute approximate surface area is 545 Å². The second-order valence-electron chi connectivity index (χ2n) is 26.2. The number of unbranched alkanes of at least 4 members (excludes halogenated alkanes) is 9. The van der Waals surface area contributed by atoms with E-state index < -0.39 is 0 Å². The fraction of sp³-hybridized carbons (Fsp3) is 0.405. The number of fused-ring (bicyclic) bond motifs is 4. The van der Waals surface area contributed by atoms with Crippen molar-refractivity contribution in [2.75, 3.05) is 109 Å². The highest BCUT2D eigenvalue weighted by Gasteiger charge is 2.33. The number of halogens is 3. The van der Waals surface area contributed by atoms with E-state index in [0.717, 1.165) is 172 Å². The molecule has 470 valence electrons. The molecule has 11 nitrogen and oxygen atoms in total. The van der Waals surface area contributed by atoms with Crippen LogP contribution in [0.5, 0.6) is 23.0 Å². The summed E-state index contributed by atoms with van der Waals surface area (Å²) in [5.74, 6) is 3.32. The monoisotopic (exact) mass is 1250 g/mol. The molecule has 0 aliphatic carbocycles. The lowest BCUT2D eigenvalue weighted by molar-refractivity contribution is -0.870. The van der Waals surface area contributed by atoms with Gasteiger partial charge in [0.1, 0.15) is 23.0 Å². The van der Waals surface area contributed by atoms with Gasteiger partial charge in [0.15, 0.2) is 0 Å². The van der Waals surface area contributed by atoms with Gasteiger partial charge in [-0.15, -0.1) is 0 Å². The number of quaternary nitrogens is 3. The zero-order valence-corrected chi connectivity index (χ0v) is 56.2. The third-order valence-corrected chi connectivity index (χ3v) is 15.6. The fourth-order valence-corrected chi connectivity index (χ4v) is 11.0. The Hall–Kier alpha value is -6.57. The second-order valence-corrected chi connectivity index (χ2v) is 26.2. The predicted molar refractivity (Wildman–Crippen MR) is 356 cm³/mol. The zero-order chi connectivity index (χ0) is 59.8. The van der Waals surface area contributed by atoms with Gasteiger partial charge >= 0.3 is 0 Å².